The molecule has 17 heavy (non-hydrogen) atoms. The Kier molecular flexibility index (Phi) is 5.18. The molecule has 0 radical (unpaired) electrons. The van der Waals surface area contributed by atoms with Crippen LogP contribution < -0.4 is 10.5 Å². The fraction of sp³-hybridized carbons (Fsp3) is 0.583. The third-order valence-electron chi connectivity index (χ3n) is 1.95. The monoisotopic (exact) mass is 258 g/mol. The van der Waals surface area contributed by atoms with Crippen LogP contribution in [-0.4, -0.2) is 23.8 Å². The average Bonchev–Trinajstić information content (AvgIpc) is 2.25. The van der Waals surface area contributed by atoms with Crippen LogP contribution in [0.25, 0.3) is 0 Å². The highest BCUT2D eigenvalue weighted by molar-refractivity contribution is 6.31. The predicted molar refractivity (Wildman–Crippen MR) is 68.3 cm³/mol. The van der Waals surface area contributed by atoms with E-state index in [9.17, 15) is 0 Å². The molecule has 0 saturated heterocycles. The number of nitrogens with two attached hydrogens (primary N) is 1. The largest absolute Gasteiger partial charge is 0.475 e. The molecule has 5 heteroatoms. The lowest BCUT2D eigenvalue weighted by atomic mass is 10.2. The highest BCUT2D eigenvalue weighted by Crippen LogP contribution is 2.17. The van der Waals surface area contributed by atoms with Gasteiger partial charge < -0.3 is 15.2 Å². The summed E-state index contributed by atoms with van der Waals surface area (Å²) < 4.78 is 11.0. The molecule has 0 aliphatic carbocycles. The Bertz CT molecular complexity index is 364. The van der Waals surface area contributed by atoms with Crippen LogP contribution in [0.15, 0.2) is 12.1 Å². The molecular formula is C12H19ClN2O2. The first kappa shape index (κ1) is 14.2. The lowest BCUT2D eigenvalue weighted by Gasteiger charge is -2.19. The van der Waals surface area contributed by atoms with Gasteiger partial charge in [0, 0.05) is 12.6 Å². The predicted octanol–water partition coefficient (Wildman–Crippen LogP) is 2.39. The summed E-state index contributed by atoms with van der Waals surface area (Å²) >= 11 is 5.89. The maximum Gasteiger partial charge on any atom is 0.213 e. The van der Waals surface area contributed by atoms with Crippen LogP contribution in [0.5, 0.6) is 5.88 Å². The molecule has 0 aliphatic rings. The molecular weight excluding hydrogens is 240 g/mol. The molecule has 0 saturated carbocycles. The van der Waals surface area contributed by atoms with Gasteiger partial charge in [0.05, 0.1) is 22.9 Å². The van der Waals surface area contributed by atoms with Crippen molar-refractivity contribution < 1.29 is 9.47 Å². The summed E-state index contributed by atoms with van der Waals surface area (Å²) in [6, 6.07) is 3.45. The first-order valence-electron chi connectivity index (χ1n) is 5.54. The van der Waals surface area contributed by atoms with E-state index in [4.69, 9.17) is 26.8 Å². The first-order valence-corrected chi connectivity index (χ1v) is 5.92. The second-order valence-corrected chi connectivity index (χ2v) is 5.00. The number of pyridine rings is 1. The number of nitrogens with zero attached hydrogens (tertiary/aromatic N) is 1. The molecule has 0 unspecified atom stereocenters. The fourth-order valence-electron chi connectivity index (χ4n) is 1.18. The van der Waals surface area contributed by atoms with E-state index in [0.717, 1.165) is 0 Å². The van der Waals surface area contributed by atoms with E-state index in [0.29, 0.717) is 36.4 Å². The van der Waals surface area contributed by atoms with Gasteiger partial charge in [-0.25, -0.2) is 4.98 Å². The number of rotatable bonds is 5. The van der Waals surface area contributed by atoms with Gasteiger partial charge in [-0.15, -0.1) is 0 Å². The quantitative estimate of drug-likeness (QED) is 0.824. The van der Waals surface area contributed by atoms with Crippen molar-refractivity contribution in [3.63, 3.8) is 0 Å². The van der Waals surface area contributed by atoms with Gasteiger partial charge in [-0.3, -0.25) is 0 Å². The van der Waals surface area contributed by atoms with E-state index in [1.54, 1.807) is 12.1 Å². The molecule has 0 fully saturated rings. The average molecular weight is 259 g/mol. The van der Waals surface area contributed by atoms with Gasteiger partial charge in [0.25, 0.3) is 0 Å². The summed E-state index contributed by atoms with van der Waals surface area (Å²) in [5.74, 6) is 0.521. The number of hydrogen-bond donors (Lipinski definition) is 1. The van der Waals surface area contributed by atoms with Crippen LogP contribution in [0.4, 0.5) is 0 Å². The molecule has 1 aromatic heterocycles. The van der Waals surface area contributed by atoms with Gasteiger partial charge in [0.15, 0.2) is 0 Å². The third kappa shape index (κ3) is 5.35. The molecule has 0 amide bonds. The van der Waals surface area contributed by atoms with Crippen LogP contribution in [-0.2, 0) is 11.3 Å². The highest BCUT2D eigenvalue weighted by atomic mass is 35.5. The van der Waals surface area contributed by atoms with E-state index < -0.39 is 0 Å². The molecule has 2 N–H and O–H groups in total. The summed E-state index contributed by atoms with van der Waals surface area (Å²) in [5, 5.41) is 0.561. The smallest absolute Gasteiger partial charge is 0.213 e. The van der Waals surface area contributed by atoms with Crippen molar-refractivity contribution in [3.05, 3.63) is 22.8 Å². The van der Waals surface area contributed by atoms with Crippen LogP contribution >= 0.6 is 11.6 Å². The fourth-order valence-corrected chi connectivity index (χ4v) is 1.36. The van der Waals surface area contributed by atoms with Crippen molar-refractivity contribution in [2.75, 3.05) is 13.2 Å². The minimum atomic E-state index is -0.154. The molecule has 1 rings (SSSR count). The molecule has 0 atom stereocenters. The van der Waals surface area contributed by atoms with E-state index in [1.807, 2.05) is 20.8 Å². The number of halogens is 1. The van der Waals surface area contributed by atoms with Crippen molar-refractivity contribution in [1.29, 1.82) is 0 Å². The molecule has 0 spiro atoms. The zero-order chi connectivity index (χ0) is 12.9. The van der Waals surface area contributed by atoms with Crippen molar-refractivity contribution in [2.24, 2.45) is 5.73 Å². The number of ether oxygens (including phenoxy) is 2. The molecule has 1 heterocycles. The lowest BCUT2D eigenvalue weighted by Crippen LogP contribution is -2.22. The number of hydrogen-bond acceptors (Lipinski definition) is 4. The van der Waals surface area contributed by atoms with Crippen molar-refractivity contribution in [3.8, 4) is 5.88 Å². The van der Waals surface area contributed by atoms with Crippen molar-refractivity contribution >= 4 is 11.6 Å². The normalized spacial score (nSPS) is 11.6. The van der Waals surface area contributed by atoms with Crippen LogP contribution in [0.3, 0.4) is 0 Å². The molecule has 0 aliphatic heterocycles. The summed E-state index contributed by atoms with van der Waals surface area (Å²) in [6.45, 7) is 7.27. The van der Waals surface area contributed by atoms with Gasteiger partial charge >= 0.3 is 0 Å². The summed E-state index contributed by atoms with van der Waals surface area (Å²) in [6.07, 6.45) is 0. The maximum absolute atomic E-state index is 5.89. The second-order valence-electron chi connectivity index (χ2n) is 4.59. The second kappa shape index (κ2) is 6.19. The van der Waals surface area contributed by atoms with Gasteiger partial charge in [0.2, 0.25) is 5.88 Å². The third-order valence-corrected chi connectivity index (χ3v) is 2.30. The number of aromatic nitrogens is 1. The van der Waals surface area contributed by atoms with Gasteiger partial charge in [-0.1, -0.05) is 11.6 Å². The summed E-state index contributed by atoms with van der Waals surface area (Å²) in [7, 11) is 0. The molecule has 1 aromatic rings. The molecule has 0 aromatic carbocycles. The maximum atomic E-state index is 5.89. The summed E-state index contributed by atoms with van der Waals surface area (Å²) in [5.41, 5.74) is 5.99. The van der Waals surface area contributed by atoms with Gasteiger partial charge in [-0.2, -0.15) is 0 Å². The Morgan fingerprint density at radius 2 is 2.00 bits per heavy atom. The van der Waals surface area contributed by atoms with E-state index in [2.05, 4.69) is 4.98 Å². The van der Waals surface area contributed by atoms with Gasteiger partial charge in [-0.05, 0) is 26.8 Å². The summed E-state index contributed by atoms with van der Waals surface area (Å²) in [4.78, 5) is 4.19. The highest BCUT2D eigenvalue weighted by Gasteiger charge is 2.09. The Morgan fingerprint density at radius 1 is 1.29 bits per heavy atom. The van der Waals surface area contributed by atoms with Crippen LogP contribution in [0.1, 0.15) is 26.5 Å². The van der Waals surface area contributed by atoms with Crippen molar-refractivity contribution in [2.45, 2.75) is 32.9 Å². The standard InChI is InChI=1S/C12H19ClN2O2/c1-12(2,3)17-7-6-16-11-5-4-9(13)10(8-14)15-11/h4-5H,6-8,14H2,1-3H3. The van der Waals surface area contributed by atoms with E-state index in [-0.39, 0.29) is 5.60 Å². The Morgan fingerprint density at radius 3 is 2.59 bits per heavy atom. The van der Waals surface area contributed by atoms with E-state index in [1.165, 1.54) is 0 Å². The SMILES string of the molecule is CC(C)(C)OCCOc1ccc(Cl)c(CN)n1. The Labute approximate surface area is 107 Å². The van der Waals surface area contributed by atoms with Crippen LogP contribution in [0.2, 0.25) is 5.02 Å². The minimum absolute atomic E-state index is 0.154. The van der Waals surface area contributed by atoms with Crippen LogP contribution in [0, 0.1) is 0 Å². The zero-order valence-electron chi connectivity index (χ0n) is 10.5. The zero-order valence-corrected chi connectivity index (χ0v) is 11.3. The topological polar surface area (TPSA) is 57.4 Å². The molecule has 0 bridgehead atoms. The van der Waals surface area contributed by atoms with Crippen molar-refractivity contribution in [1.82, 2.24) is 4.98 Å². The molecule has 4 nitrogen and oxygen atoms in total. The first-order chi connectivity index (χ1) is 7.92. The Balaban J connectivity index is 2.42. The Hall–Kier alpha value is -0.840. The van der Waals surface area contributed by atoms with E-state index >= 15 is 0 Å². The minimum Gasteiger partial charge on any atom is -0.475 e. The van der Waals surface area contributed by atoms with Gasteiger partial charge in [0.1, 0.15) is 6.61 Å². The molecule has 96 valence electrons. The lowest BCUT2D eigenvalue weighted by molar-refractivity contribution is -0.0168.